The fourth-order valence-electron chi connectivity index (χ4n) is 2.11. The van der Waals surface area contributed by atoms with E-state index in [1.807, 2.05) is 6.92 Å². The van der Waals surface area contributed by atoms with Crippen molar-refractivity contribution in [1.29, 1.82) is 0 Å². The number of carbonyl (C=O) groups is 2. The second-order valence-corrected chi connectivity index (χ2v) is 5.92. The summed E-state index contributed by atoms with van der Waals surface area (Å²) < 4.78 is 48.1. The predicted octanol–water partition coefficient (Wildman–Crippen LogP) is 4.30. The van der Waals surface area contributed by atoms with Crippen molar-refractivity contribution in [2.75, 3.05) is 6.61 Å². The number of hydrogen-bond acceptors (Lipinski definition) is 4. The average molecular weight is 376 g/mol. The van der Waals surface area contributed by atoms with E-state index in [0.29, 0.717) is 19.3 Å². The highest BCUT2D eigenvalue weighted by molar-refractivity contribution is 5.93. The SMILES string of the molecule is CCC(C)OC(=O)C(CCCCOc1cccc(C(F)(F)F)c1)C(=O)O. The predicted molar refractivity (Wildman–Crippen MR) is 87.8 cm³/mol. The standard InChI is InChI=1S/C18H23F3O5/c1-3-12(2)26-17(24)15(16(22)23)9-4-5-10-25-14-8-6-7-13(11-14)18(19,20)21/h6-8,11-12,15H,3-5,9-10H2,1-2H3,(H,22,23). The maximum Gasteiger partial charge on any atom is 0.416 e. The van der Waals surface area contributed by atoms with Crippen LogP contribution in [-0.4, -0.2) is 29.8 Å². The van der Waals surface area contributed by atoms with Crippen molar-refractivity contribution in [2.45, 2.75) is 51.8 Å². The third-order valence-electron chi connectivity index (χ3n) is 3.79. The summed E-state index contributed by atoms with van der Waals surface area (Å²) >= 11 is 0. The molecule has 0 aliphatic rings. The molecular weight excluding hydrogens is 353 g/mol. The average Bonchev–Trinajstić information content (AvgIpc) is 2.56. The summed E-state index contributed by atoms with van der Waals surface area (Å²) in [6.45, 7) is 3.62. The minimum Gasteiger partial charge on any atom is -0.494 e. The zero-order chi connectivity index (χ0) is 19.7. The topological polar surface area (TPSA) is 72.8 Å². The molecule has 1 N–H and O–H groups in total. The minimum absolute atomic E-state index is 0.0799. The lowest BCUT2D eigenvalue weighted by molar-refractivity contribution is -0.162. The third kappa shape index (κ3) is 7.33. The van der Waals surface area contributed by atoms with E-state index < -0.39 is 29.6 Å². The van der Waals surface area contributed by atoms with Crippen molar-refractivity contribution >= 4 is 11.9 Å². The molecular formula is C18H23F3O5. The van der Waals surface area contributed by atoms with Gasteiger partial charge in [-0.1, -0.05) is 13.0 Å². The first-order valence-electron chi connectivity index (χ1n) is 8.38. The number of carboxylic acid groups (broad SMARTS) is 1. The fourth-order valence-corrected chi connectivity index (χ4v) is 2.11. The lowest BCUT2D eigenvalue weighted by Gasteiger charge is -2.16. The summed E-state index contributed by atoms with van der Waals surface area (Å²) in [6.07, 6.45) is -3.36. The molecule has 1 aromatic carbocycles. The molecule has 0 amide bonds. The van der Waals surface area contributed by atoms with E-state index in [-0.39, 0.29) is 24.9 Å². The van der Waals surface area contributed by atoms with Crippen LogP contribution in [0.15, 0.2) is 24.3 Å². The van der Waals surface area contributed by atoms with E-state index in [4.69, 9.17) is 14.6 Å². The van der Waals surface area contributed by atoms with E-state index in [1.54, 1.807) is 6.92 Å². The molecule has 0 aliphatic heterocycles. The van der Waals surface area contributed by atoms with E-state index in [0.717, 1.165) is 12.1 Å². The lowest BCUT2D eigenvalue weighted by Crippen LogP contribution is -2.28. The Balaban J connectivity index is 2.43. The van der Waals surface area contributed by atoms with Crippen LogP contribution in [0.2, 0.25) is 0 Å². The summed E-state index contributed by atoms with van der Waals surface area (Å²) in [4.78, 5) is 23.0. The molecule has 0 radical (unpaired) electrons. The van der Waals surface area contributed by atoms with Gasteiger partial charge in [0.15, 0.2) is 5.92 Å². The maximum atomic E-state index is 12.6. The van der Waals surface area contributed by atoms with Gasteiger partial charge in [0.05, 0.1) is 18.3 Å². The number of hydrogen-bond donors (Lipinski definition) is 1. The minimum atomic E-state index is -4.44. The molecule has 0 saturated heterocycles. The molecule has 26 heavy (non-hydrogen) atoms. The Morgan fingerprint density at radius 3 is 2.50 bits per heavy atom. The molecule has 0 spiro atoms. The van der Waals surface area contributed by atoms with Crippen molar-refractivity contribution in [3.05, 3.63) is 29.8 Å². The molecule has 146 valence electrons. The van der Waals surface area contributed by atoms with Crippen molar-refractivity contribution < 1.29 is 37.3 Å². The van der Waals surface area contributed by atoms with Gasteiger partial charge in [0.2, 0.25) is 0 Å². The van der Waals surface area contributed by atoms with E-state index in [1.165, 1.54) is 12.1 Å². The third-order valence-corrected chi connectivity index (χ3v) is 3.79. The molecule has 0 heterocycles. The molecule has 0 fully saturated rings. The van der Waals surface area contributed by atoms with Gasteiger partial charge in [0.25, 0.3) is 0 Å². The van der Waals surface area contributed by atoms with Gasteiger partial charge < -0.3 is 14.6 Å². The Bertz CT molecular complexity index is 601. The van der Waals surface area contributed by atoms with Crippen molar-refractivity contribution in [3.8, 4) is 5.75 Å². The van der Waals surface area contributed by atoms with Crippen molar-refractivity contribution in [3.63, 3.8) is 0 Å². The Hall–Kier alpha value is -2.25. The molecule has 5 nitrogen and oxygen atoms in total. The summed E-state index contributed by atoms with van der Waals surface area (Å²) in [5.41, 5.74) is -0.797. The summed E-state index contributed by atoms with van der Waals surface area (Å²) in [7, 11) is 0. The summed E-state index contributed by atoms with van der Waals surface area (Å²) in [5.74, 6) is -3.19. The number of unbranched alkanes of at least 4 members (excludes halogenated alkanes) is 1. The van der Waals surface area contributed by atoms with Crippen LogP contribution < -0.4 is 4.74 Å². The first-order valence-corrected chi connectivity index (χ1v) is 8.38. The molecule has 1 rings (SSSR count). The van der Waals surface area contributed by atoms with Crippen LogP contribution in [0.1, 0.15) is 45.1 Å². The monoisotopic (exact) mass is 376 g/mol. The van der Waals surface area contributed by atoms with Crippen LogP contribution in [0.3, 0.4) is 0 Å². The summed E-state index contributed by atoms with van der Waals surface area (Å²) in [6, 6.07) is 4.53. The molecule has 2 atom stereocenters. The normalized spacial score (nSPS) is 13.7. The highest BCUT2D eigenvalue weighted by atomic mass is 19.4. The largest absolute Gasteiger partial charge is 0.494 e. The van der Waals surface area contributed by atoms with E-state index in [2.05, 4.69) is 0 Å². The van der Waals surface area contributed by atoms with Gasteiger partial charge in [-0.2, -0.15) is 13.2 Å². The molecule has 0 saturated carbocycles. The first-order chi connectivity index (χ1) is 12.1. The van der Waals surface area contributed by atoms with Crippen LogP contribution in [-0.2, 0) is 20.5 Å². The van der Waals surface area contributed by atoms with Crippen molar-refractivity contribution in [1.82, 2.24) is 0 Å². The van der Waals surface area contributed by atoms with Gasteiger partial charge in [-0.15, -0.1) is 0 Å². The number of benzene rings is 1. The van der Waals surface area contributed by atoms with Crippen LogP contribution in [0, 0.1) is 5.92 Å². The maximum absolute atomic E-state index is 12.6. The van der Waals surface area contributed by atoms with Crippen LogP contribution in [0.25, 0.3) is 0 Å². The Labute approximate surface area is 150 Å². The van der Waals surface area contributed by atoms with Crippen molar-refractivity contribution in [2.24, 2.45) is 5.92 Å². The fraction of sp³-hybridized carbons (Fsp3) is 0.556. The Kier molecular flexibility index (Phi) is 8.41. The number of halogens is 3. The van der Waals surface area contributed by atoms with Gasteiger partial charge in [0, 0.05) is 0 Å². The lowest BCUT2D eigenvalue weighted by atomic mass is 10.0. The summed E-state index contributed by atoms with van der Waals surface area (Å²) in [5, 5.41) is 9.13. The molecule has 0 aromatic heterocycles. The number of aliphatic carboxylic acids is 1. The van der Waals surface area contributed by atoms with Gasteiger partial charge >= 0.3 is 18.1 Å². The van der Waals surface area contributed by atoms with Crippen LogP contribution in [0.4, 0.5) is 13.2 Å². The van der Waals surface area contributed by atoms with Gasteiger partial charge in [-0.3, -0.25) is 9.59 Å². The van der Waals surface area contributed by atoms with Crippen LogP contribution in [0.5, 0.6) is 5.75 Å². The van der Waals surface area contributed by atoms with E-state index >= 15 is 0 Å². The number of ether oxygens (including phenoxy) is 2. The van der Waals surface area contributed by atoms with Gasteiger partial charge in [-0.25, -0.2) is 0 Å². The molecule has 0 aliphatic carbocycles. The molecule has 0 bridgehead atoms. The van der Waals surface area contributed by atoms with Crippen LogP contribution >= 0.6 is 0 Å². The smallest absolute Gasteiger partial charge is 0.416 e. The van der Waals surface area contributed by atoms with Gasteiger partial charge in [0.1, 0.15) is 5.75 Å². The first kappa shape index (κ1) is 21.8. The quantitative estimate of drug-likeness (QED) is 0.374. The highest BCUT2D eigenvalue weighted by Gasteiger charge is 2.30. The zero-order valence-electron chi connectivity index (χ0n) is 14.7. The Morgan fingerprint density at radius 1 is 1.23 bits per heavy atom. The molecule has 8 heteroatoms. The van der Waals surface area contributed by atoms with E-state index in [9.17, 15) is 22.8 Å². The number of rotatable bonds is 10. The number of esters is 1. The highest BCUT2D eigenvalue weighted by Crippen LogP contribution is 2.31. The second-order valence-electron chi connectivity index (χ2n) is 5.92. The Morgan fingerprint density at radius 2 is 1.92 bits per heavy atom. The number of carbonyl (C=O) groups excluding carboxylic acids is 1. The van der Waals surface area contributed by atoms with Gasteiger partial charge in [-0.05, 0) is 50.8 Å². The number of carboxylic acids is 1. The molecule has 2 unspecified atom stereocenters. The molecule has 1 aromatic rings. The second kappa shape index (κ2) is 10.0. The zero-order valence-corrected chi connectivity index (χ0v) is 14.7. The number of alkyl halides is 3.